The fourth-order valence-electron chi connectivity index (χ4n) is 1.81. The monoisotopic (exact) mass is 331 g/mol. The van der Waals surface area contributed by atoms with Gasteiger partial charge in [-0.1, -0.05) is 0 Å². The Morgan fingerprint density at radius 3 is 2.63 bits per heavy atom. The van der Waals surface area contributed by atoms with E-state index in [4.69, 9.17) is 9.84 Å². The maximum atomic E-state index is 13.0. The van der Waals surface area contributed by atoms with Crippen LogP contribution >= 0.6 is 15.9 Å². The van der Waals surface area contributed by atoms with E-state index in [1.807, 2.05) is 0 Å². The molecule has 0 aromatic heterocycles. The average molecular weight is 332 g/mol. The highest BCUT2D eigenvalue weighted by atomic mass is 79.9. The molecule has 1 aromatic carbocycles. The van der Waals surface area contributed by atoms with Gasteiger partial charge in [0.15, 0.2) is 6.10 Å². The third-order valence-electron chi connectivity index (χ3n) is 2.77. The van der Waals surface area contributed by atoms with E-state index in [1.54, 1.807) is 0 Å². The maximum absolute atomic E-state index is 13.0. The molecule has 5 nitrogen and oxygen atoms in total. The minimum absolute atomic E-state index is 0.237. The first-order chi connectivity index (χ1) is 8.97. The van der Waals surface area contributed by atoms with Gasteiger partial charge in [0.2, 0.25) is 0 Å². The van der Waals surface area contributed by atoms with Crippen LogP contribution in [0, 0.1) is 5.82 Å². The summed E-state index contributed by atoms with van der Waals surface area (Å²) in [7, 11) is 0. The molecule has 2 unspecified atom stereocenters. The number of carbonyl (C=O) groups is 2. The number of halogens is 2. The first-order valence-electron chi connectivity index (χ1n) is 5.61. The molecule has 2 N–H and O–H groups in total. The van der Waals surface area contributed by atoms with Crippen molar-refractivity contribution in [2.45, 2.75) is 25.0 Å². The van der Waals surface area contributed by atoms with Crippen LogP contribution in [0.25, 0.3) is 0 Å². The third kappa shape index (κ3) is 3.30. The van der Waals surface area contributed by atoms with Crippen molar-refractivity contribution in [2.75, 3.05) is 5.32 Å². The SMILES string of the molecule is O=C(O)C1CCC(C(=O)Nc2ccc(F)c(Br)c2)O1. The van der Waals surface area contributed by atoms with Crippen molar-refractivity contribution in [3.8, 4) is 0 Å². The molecule has 1 saturated heterocycles. The Labute approximate surface area is 116 Å². The number of anilines is 1. The first-order valence-corrected chi connectivity index (χ1v) is 6.41. The van der Waals surface area contributed by atoms with E-state index in [-0.39, 0.29) is 4.47 Å². The molecular formula is C12H11BrFNO4. The van der Waals surface area contributed by atoms with Gasteiger partial charge in [0, 0.05) is 5.69 Å². The van der Waals surface area contributed by atoms with Crippen molar-refractivity contribution >= 4 is 33.5 Å². The summed E-state index contributed by atoms with van der Waals surface area (Å²) in [5.74, 6) is -1.93. The Morgan fingerprint density at radius 2 is 2.05 bits per heavy atom. The second kappa shape index (κ2) is 5.66. The molecule has 0 aliphatic carbocycles. The van der Waals surface area contributed by atoms with Crippen molar-refractivity contribution in [3.05, 3.63) is 28.5 Å². The molecule has 7 heteroatoms. The van der Waals surface area contributed by atoms with Crippen LogP contribution in [0.5, 0.6) is 0 Å². The van der Waals surface area contributed by atoms with Gasteiger partial charge in [-0.05, 0) is 47.0 Å². The van der Waals surface area contributed by atoms with Gasteiger partial charge in [-0.3, -0.25) is 4.79 Å². The summed E-state index contributed by atoms with van der Waals surface area (Å²) in [6.07, 6.45) is -1.06. The van der Waals surface area contributed by atoms with E-state index in [2.05, 4.69) is 21.2 Å². The molecule has 1 aliphatic heterocycles. The van der Waals surface area contributed by atoms with E-state index in [1.165, 1.54) is 18.2 Å². The van der Waals surface area contributed by atoms with Crippen LogP contribution in [-0.2, 0) is 14.3 Å². The molecule has 2 atom stereocenters. The van der Waals surface area contributed by atoms with Crippen LogP contribution in [-0.4, -0.2) is 29.2 Å². The summed E-state index contributed by atoms with van der Waals surface area (Å²) in [6, 6.07) is 4.06. The lowest BCUT2D eigenvalue weighted by Crippen LogP contribution is -2.29. The highest BCUT2D eigenvalue weighted by molar-refractivity contribution is 9.10. The Bertz CT molecular complexity index is 522. The Morgan fingerprint density at radius 1 is 1.37 bits per heavy atom. The second-order valence-corrected chi connectivity index (χ2v) is 5.00. The standard InChI is InChI=1S/C12H11BrFNO4/c13-7-5-6(1-2-8(7)14)15-11(16)9-3-4-10(19-9)12(17)18/h1-2,5,9-10H,3-4H2,(H,15,16)(H,17,18). The summed E-state index contributed by atoms with van der Waals surface area (Å²) in [6.45, 7) is 0. The molecule has 0 spiro atoms. The van der Waals surface area contributed by atoms with Crippen molar-refractivity contribution in [1.29, 1.82) is 0 Å². The number of benzene rings is 1. The summed E-state index contributed by atoms with van der Waals surface area (Å²) in [4.78, 5) is 22.5. The van der Waals surface area contributed by atoms with Crippen molar-refractivity contribution < 1.29 is 23.8 Å². The van der Waals surface area contributed by atoms with Gasteiger partial charge in [-0.15, -0.1) is 0 Å². The second-order valence-electron chi connectivity index (χ2n) is 4.15. The van der Waals surface area contributed by atoms with Gasteiger partial charge >= 0.3 is 5.97 Å². The van der Waals surface area contributed by atoms with Crippen LogP contribution in [0.2, 0.25) is 0 Å². The molecule has 0 saturated carbocycles. The Kier molecular flexibility index (Phi) is 4.16. The molecular weight excluding hydrogens is 321 g/mol. The normalized spacial score (nSPS) is 22.2. The highest BCUT2D eigenvalue weighted by Crippen LogP contribution is 2.23. The zero-order valence-corrected chi connectivity index (χ0v) is 11.3. The molecule has 1 amide bonds. The first kappa shape index (κ1) is 14.0. The lowest BCUT2D eigenvalue weighted by atomic mass is 10.2. The Hall–Kier alpha value is -1.47. The molecule has 0 bridgehead atoms. The third-order valence-corrected chi connectivity index (χ3v) is 3.38. The molecule has 1 fully saturated rings. The minimum Gasteiger partial charge on any atom is -0.479 e. The predicted octanol–water partition coefficient (Wildman–Crippen LogP) is 2.16. The Balaban J connectivity index is 1.98. The number of carbonyl (C=O) groups excluding carboxylic acids is 1. The molecule has 0 radical (unpaired) electrons. The van der Waals surface area contributed by atoms with Crippen molar-refractivity contribution in [1.82, 2.24) is 0 Å². The summed E-state index contributed by atoms with van der Waals surface area (Å²) in [5, 5.41) is 11.3. The summed E-state index contributed by atoms with van der Waals surface area (Å²) in [5.41, 5.74) is 0.417. The molecule has 1 heterocycles. The fraction of sp³-hybridized carbons (Fsp3) is 0.333. The molecule has 2 rings (SSSR count). The number of carboxylic acid groups (broad SMARTS) is 1. The number of nitrogens with one attached hydrogen (secondary N) is 1. The molecule has 19 heavy (non-hydrogen) atoms. The number of rotatable bonds is 3. The van der Waals surface area contributed by atoms with Crippen molar-refractivity contribution in [2.24, 2.45) is 0 Å². The number of aliphatic carboxylic acids is 1. The number of carboxylic acids is 1. The average Bonchev–Trinajstić information content (AvgIpc) is 2.83. The summed E-state index contributed by atoms with van der Waals surface area (Å²) < 4.78 is 18.4. The van der Waals surface area contributed by atoms with E-state index >= 15 is 0 Å². The van der Waals surface area contributed by atoms with Gasteiger partial charge in [-0.25, -0.2) is 9.18 Å². The molecule has 102 valence electrons. The highest BCUT2D eigenvalue weighted by Gasteiger charge is 2.34. The maximum Gasteiger partial charge on any atom is 0.332 e. The van der Waals surface area contributed by atoms with Crippen LogP contribution in [0.3, 0.4) is 0 Å². The van der Waals surface area contributed by atoms with Gasteiger partial charge < -0.3 is 15.2 Å². The van der Waals surface area contributed by atoms with Gasteiger partial charge in [0.1, 0.15) is 11.9 Å². The number of hydrogen-bond acceptors (Lipinski definition) is 3. The zero-order chi connectivity index (χ0) is 14.0. The molecule has 1 aromatic rings. The minimum atomic E-state index is -1.07. The molecule has 1 aliphatic rings. The number of hydrogen-bond donors (Lipinski definition) is 2. The van der Waals surface area contributed by atoms with E-state index in [0.717, 1.165) is 0 Å². The van der Waals surface area contributed by atoms with E-state index < -0.39 is 29.9 Å². The van der Waals surface area contributed by atoms with Gasteiger partial charge in [0.05, 0.1) is 4.47 Å². The fourth-order valence-corrected chi connectivity index (χ4v) is 2.19. The van der Waals surface area contributed by atoms with Gasteiger partial charge in [-0.2, -0.15) is 0 Å². The number of amides is 1. The van der Waals surface area contributed by atoms with E-state index in [9.17, 15) is 14.0 Å². The number of ether oxygens (including phenoxy) is 1. The lowest BCUT2D eigenvalue weighted by Gasteiger charge is -2.12. The summed E-state index contributed by atoms with van der Waals surface area (Å²) >= 11 is 3.01. The zero-order valence-electron chi connectivity index (χ0n) is 9.73. The van der Waals surface area contributed by atoms with Gasteiger partial charge in [0.25, 0.3) is 5.91 Å². The van der Waals surface area contributed by atoms with Crippen LogP contribution in [0.15, 0.2) is 22.7 Å². The smallest absolute Gasteiger partial charge is 0.332 e. The van der Waals surface area contributed by atoms with Crippen LogP contribution < -0.4 is 5.32 Å². The van der Waals surface area contributed by atoms with Crippen molar-refractivity contribution in [3.63, 3.8) is 0 Å². The lowest BCUT2D eigenvalue weighted by molar-refractivity contribution is -0.150. The topological polar surface area (TPSA) is 75.6 Å². The largest absolute Gasteiger partial charge is 0.479 e. The van der Waals surface area contributed by atoms with E-state index in [0.29, 0.717) is 18.5 Å². The van der Waals surface area contributed by atoms with Crippen LogP contribution in [0.4, 0.5) is 10.1 Å². The van der Waals surface area contributed by atoms with Crippen LogP contribution in [0.1, 0.15) is 12.8 Å². The predicted molar refractivity (Wildman–Crippen MR) is 68.3 cm³/mol. The quantitative estimate of drug-likeness (QED) is 0.889.